The fraction of sp³-hybridized carbons (Fsp3) is 0.200. The van der Waals surface area contributed by atoms with Gasteiger partial charge >= 0.3 is 5.97 Å². The van der Waals surface area contributed by atoms with Crippen molar-refractivity contribution in [1.29, 1.82) is 0 Å². The Labute approximate surface area is 193 Å². The molecule has 1 amide bonds. The lowest BCUT2D eigenvalue weighted by Gasteiger charge is -2.22. The van der Waals surface area contributed by atoms with Crippen molar-refractivity contribution in [3.8, 4) is 0 Å². The van der Waals surface area contributed by atoms with Crippen LogP contribution in [-0.4, -0.2) is 24.0 Å². The number of hydrogen-bond acceptors (Lipinski definition) is 7. The molecule has 2 aromatic heterocycles. The van der Waals surface area contributed by atoms with E-state index in [1.165, 1.54) is 12.0 Å². The van der Waals surface area contributed by atoms with Gasteiger partial charge in [0.25, 0.3) is 5.91 Å². The van der Waals surface area contributed by atoms with Crippen molar-refractivity contribution >= 4 is 39.3 Å². The average molecular weight is 461 g/mol. The third-order valence-electron chi connectivity index (χ3n) is 5.78. The Morgan fingerprint density at radius 2 is 1.76 bits per heavy atom. The van der Waals surface area contributed by atoms with Crippen LogP contribution in [0.4, 0.5) is 5.13 Å². The molecule has 0 saturated heterocycles. The molecule has 166 valence electrons. The highest BCUT2D eigenvalue weighted by Gasteiger charge is 2.45. The van der Waals surface area contributed by atoms with Crippen LogP contribution < -0.4 is 10.3 Å². The molecular weight excluding hydrogens is 440 g/mol. The van der Waals surface area contributed by atoms with Gasteiger partial charge in [0.2, 0.25) is 5.76 Å². The topological polar surface area (TPSA) is 89.7 Å². The molecule has 0 radical (unpaired) electrons. The Kier molecular flexibility index (Phi) is 4.90. The highest BCUT2D eigenvalue weighted by molar-refractivity contribution is 7.17. The van der Waals surface area contributed by atoms with Gasteiger partial charge in [-0.25, -0.2) is 9.78 Å². The zero-order valence-electron chi connectivity index (χ0n) is 18.5. The number of fused-ring (bicyclic) bond motifs is 2. The Bertz CT molecular complexity index is 1500. The molecule has 2 aromatic carbocycles. The molecule has 0 saturated carbocycles. The van der Waals surface area contributed by atoms with Gasteiger partial charge in [-0.2, -0.15) is 0 Å². The Morgan fingerprint density at radius 3 is 2.45 bits per heavy atom. The van der Waals surface area contributed by atoms with E-state index < -0.39 is 17.9 Å². The lowest BCUT2D eigenvalue weighted by atomic mass is 9.97. The Balaban J connectivity index is 1.78. The summed E-state index contributed by atoms with van der Waals surface area (Å²) in [5, 5.41) is 0.723. The number of hydrogen-bond donors (Lipinski definition) is 0. The van der Waals surface area contributed by atoms with Crippen LogP contribution in [-0.2, 0) is 4.74 Å². The Hall–Kier alpha value is -3.78. The SMILES string of the molecule is COC(=O)c1sc(N2C(=O)c3oc4ccc(C)cc4c(=O)c3C2c2ccc(C)cc2)nc1C. The molecule has 0 fully saturated rings. The van der Waals surface area contributed by atoms with Crippen molar-refractivity contribution in [1.82, 2.24) is 4.98 Å². The summed E-state index contributed by atoms with van der Waals surface area (Å²) in [6.07, 6.45) is 0. The molecule has 7 nitrogen and oxygen atoms in total. The second-order valence-electron chi connectivity index (χ2n) is 8.06. The number of esters is 1. The molecule has 5 rings (SSSR count). The zero-order valence-corrected chi connectivity index (χ0v) is 19.3. The van der Waals surface area contributed by atoms with Crippen LogP contribution in [0.25, 0.3) is 11.0 Å². The van der Waals surface area contributed by atoms with Crippen molar-refractivity contribution in [2.45, 2.75) is 26.8 Å². The molecule has 1 unspecified atom stereocenters. The van der Waals surface area contributed by atoms with E-state index in [0.29, 0.717) is 26.7 Å². The first-order valence-corrected chi connectivity index (χ1v) is 11.1. The maximum absolute atomic E-state index is 13.6. The molecule has 0 spiro atoms. The number of thiazole rings is 1. The van der Waals surface area contributed by atoms with E-state index in [1.807, 2.05) is 44.2 Å². The second kappa shape index (κ2) is 7.67. The molecule has 33 heavy (non-hydrogen) atoms. The first kappa shape index (κ1) is 21.1. The maximum Gasteiger partial charge on any atom is 0.350 e. The number of carbonyl (C=O) groups is 2. The summed E-state index contributed by atoms with van der Waals surface area (Å²) >= 11 is 1.05. The first-order valence-electron chi connectivity index (χ1n) is 10.3. The molecule has 0 bridgehead atoms. The first-order chi connectivity index (χ1) is 15.8. The smallest absolute Gasteiger partial charge is 0.350 e. The number of amides is 1. The highest BCUT2D eigenvalue weighted by atomic mass is 32.1. The minimum absolute atomic E-state index is 0.00519. The normalized spacial score (nSPS) is 15.2. The van der Waals surface area contributed by atoms with Crippen molar-refractivity contribution in [3.05, 3.63) is 91.3 Å². The van der Waals surface area contributed by atoms with E-state index in [-0.39, 0.29) is 16.8 Å². The number of ether oxygens (including phenoxy) is 1. The molecule has 1 atom stereocenters. The van der Waals surface area contributed by atoms with Crippen LogP contribution in [0, 0.1) is 20.8 Å². The van der Waals surface area contributed by atoms with Crippen molar-refractivity contribution in [2.75, 3.05) is 12.0 Å². The molecule has 4 aromatic rings. The van der Waals surface area contributed by atoms with E-state index in [9.17, 15) is 14.4 Å². The summed E-state index contributed by atoms with van der Waals surface area (Å²) in [7, 11) is 1.29. The number of carbonyl (C=O) groups excluding carboxylic acids is 2. The summed E-state index contributed by atoms with van der Waals surface area (Å²) in [6, 6.07) is 12.2. The third kappa shape index (κ3) is 3.25. The molecule has 3 heterocycles. The fourth-order valence-electron chi connectivity index (χ4n) is 4.12. The Morgan fingerprint density at radius 1 is 1.06 bits per heavy atom. The lowest BCUT2D eigenvalue weighted by molar-refractivity contribution is 0.0605. The van der Waals surface area contributed by atoms with Crippen molar-refractivity contribution in [3.63, 3.8) is 0 Å². The van der Waals surface area contributed by atoms with Gasteiger partial charge in [0.05, 0.1) is 29.8 Å². The van der Waals surface area contributed by atoms with Gasteiger partial charge < -0.3 is 9.15 Å². The second-order valence-corrected chi connectivity index (χ2v) is 9.04. The molecule has 1 aliphatic rings. The van der Waals surface area contributed by atoms with Gasteiger partial charge in [-0.05, 0) is 38.5 Å². The summed E-state index contributed by atoms with van der Waals surface area (Å²) in [5.74, 6) is -1.00. The number of nitrogens with zero attached hydrogens (tertiary/aromatic N) is 2. The van der Waals surface area contributed by atoms with Gasteiger partial charge in [-0.1, -0.05) is 52.8 Å². The monoisotopic (exact) mass is 460 g/mol. The molecule has 0 N–H and O–H groups in total. The van der Waals surface area contributed by atoms with Crippen molar-refractivity contribution in [2.24, 2.45) is 0 Å². The number of methoxy groups -OCH3 is 1. The van der Waals surface area contributed by atoms with E-state index in [2.05, 4.69) is 4.98 Å². The van der Waals surface area contributed by atoms with Gasteiger partial charge in [0.15, 0.2) is 10.6 Å². The summed E-state index contributed by atoms with van der Waals surface area (Å²) in [6.45, 7) is 5.54. The minimum atomic E-state index is -0.731. The lowest BCUT2D eigenvalue weighted by Crippen LogP contribution is -2.29. The number of benzene rings is 2. The summed E-state index contributed by atoms with van der Waals surface area (Å²) in [5.41, 5.74) is 3.54. The van der Waals surface area contributed by atoms with Gasteiger partial charge in [0.1, 0.15) is 10.5 Å². The largest absolute Gasteiger partial charge is 0.465 e. The predicted octanol–water partition coefficient (Wildman–Crippen LogP) is 4.71. The number of aromatic nitrogens is 1. The number of aryl methyl sites for hydroxylation is 3. The predicted molar refractivity (Wildman–Crippen MR) is 125 cm³/mol. The van der Waals surface area contributed by atoms with E-state index in [0.717, 1.165) is 28.0 Å². The van der Waals surface area contributed by atoms with Crippen LogP contribution in [0.5, 0.6) is 0 Å². The van der Waals surface area contributed by atoms with Crippen LogP contribution in [0.15, 0.2) is 51.7 Å². The number of anilines is 1. The van der Waals surface area contributed by atoms with E-state index >= 15 is 0 Å². The third-order valence-corrected chi connectivity index (χ3v) is 6.92. The quantitative estimate of drug-likeness (QED) is 0.411. The minimum Gasteiger partial charge on any atom is -0.465 e. The standard InChI is InChI=1S/C25H20N2O5S/c1-12-5-8-15(9-6-12)19-18-20(28)16-11-13(2)7-10-17(16)32-21(18)23(29)27(19)25-26-14(3)22(33-25)24(30)31-4/h5-11,19H,1-4H3. The van der Waals surface area contributed by atoms with Crippen molar-refractivity contribution < 1.29 is 18.7 Å². The van der Waals surface area contributed by atoms with Crippen LogP contribution in [0.1, 0.15) is 54.2 Å². The van der Waals surface area contributed by atoms with E-state index in [4.69, 9.17) is 9.15 Å². The van der Waals surface area contributed by atoms with Crippen LogP contribution in [0.2, 0.25) is 0 Å². The van der Waals surface area contributed by atoms with Crippen LogP contribution >= 0.6 is 11.3 Å². The van der Waals surface area contributed by atoms with Gasteiger partial charge in [0, 0.05) is 0 Å². The van der Waals surface area contributed by atoms with Gasteiger partial charge in [-0.15, -0.1) is 0 Å². The molecular formula is C25H20N2O5S. The highest BCUT2D eigenvalue weighted by Crippen LogP contribution is 2.43. The summed E-state index contributed by atoms with van der Waals surface area (Å²) in [4.78, 5) is 45.7. The summed E-state index contributed by atoms with van der Waals surface area (Å²) < 4.78 is 10.8. The fourth-order valence-corrected chi connectivity index (χ4v) is 5.13. The molecule has 8 heteroatoms. The zero-order chi connectivity index (χ0) is 23.4. The maximum atomic E-state index is 13.6. The van der Waals surface area contributed by atoms with Crippen LogP contribution in [0.3, 0.4) is 0 Å². The number of rotatable bonds is 3. The van der Waals surface area contributed by atoms with E-state index in [1.54, 1.807) is 19.1 Å². The molecule has 1 aliphatic heterocycles. The average Bonchev–Trinajstić information content (AvgIpc) is 3.32. The van der Waals surface area contributed by atoms with Gasteiger partial charge in [-0.3, -0.25) is 14.5 Å². The molecule has 0 aliphatic carbocycles.